The molecule has 80 valence electrons. The third-order valence-corrected chi connectivity index (χ3v) is 3.83. The van der Waals surface area contributed by atoms with Crippen molar-refractivity contribution in [2.75, 3.05) is 19.6 Å². The normalized spacial score (nSPS) is 32.7. The maximum absolute atomic E-state index is 12.0. The fourth-order valence-corrected chi connectivity index (χ4v) is 2.79. The first kappa shape index (κ1) is 10.2. The van der Waals surface area contributed by atoms with E-state index in [-0.39, 0.29) is 5.41 Å². The van der Waals surface area contributed by atoms with Crippen LogP contribution in [0, 0.1) is 11.3 Å². The summed E-state index contributed by atoms with van der Waals surface area (Å²) in [6.07, 6.45) is 4.85. The number of nitrogens with zero attached hydrogens (tertiary/aromatic N) is 1. The van der Waals surface area contributed by atoms with Crippen molar-refractivity contribution in [1.29, 1.82) is 0 Å². The van der Waals surface area contributed by atoms with Gasteiger partial charge in [-0.1, -0.05) is 13.8 Å². The van der Waals surface area contributed by atoms with Gasteiger partial charge in [0.05, 0.1) is 0 Å². The van der Waals surface area contributed by atoms with Crippen LogP contribution in [0.2, 0.25) is 0 Å². The summed E-state index contributed by atoms with van der Waals surface area (Å²) >= 11 is 0. The number of ketones is 1. The second-order valence-corrected chi connectivity index (χ2v) is 5.49. The van der Waals surface area contributed by atoms with Crippen molar-refractivity contribution in [2.24, 2.45) is 11.3 Å². The van der Waals surface area contributed by atoms with Crippen molar-refractivity contribution in [3.8, 4) is 0 Å². The van der Waals surface area contributed by atoms with E-state index in [1.54, 1.807) is 0 Å². The molecule has 2 nitrogen and oxygen atoms in total. The minimum Gasteiger partial charge on any atom is -0.303 e. The molecule has 1 unspecified atom stereocenters. The fourth-order valence-electron chi connectivity index (χ4n) is 2.79. The first-order valence-corrected chi connectivity index (χ1v) is 5.86. The van der Waals surface area contributed by atoms with Crippen LogP contribution < -0.4 is 0 Å². The van der Waals surface area contributed by atoms with Gasteiger partial charge in [-0.05, 0) is 38.8 Å². The number of likely N-dealkylation sites (tertiary alicyclic amines) is 1. The molecule has 0 N–H and O–H groups in total. The van der Waals surface area contributed by atoms with Crippen LogP contribution in [0.1, 0.15) is 39.5 Å². The molecular formula is C12H21NO. The Hall–Kier alpha value is -0.370. The van der Waals surface area contributed by atoms with Crippen LogP contribution in [-0.4, -0.2) is 30.3 Å². The quantitative estimate of drug-likeness (QED) is 0.672. The zero-order valence-corrected chi connectivity index (χ0v) is 9.38. The van der Waals surface area contributed by atoms with Gasteiger partial charge in [-0.25, -0.2) is 0 Å². The van der Waals surface area contributed by atoms with Crippen LogP contribution in [0.3, 0.4) is 0 Å². The number of hydrogen-bond donors (Lipinski definition) is 0. The number of rotatable bonds is 2. The molecule has 2 aliphatic rings. The predicted molar refractivity (Wildman–Crippen MR) is 57.2 cm³/mol. The van der Waals surface area contributed by atoms with Crippen molar-refractivity contribution in [1.82, 2.24) is 4.90 Å². The second-order valence-electron chi connectivity index (χ2n) is 5.49. The molecule has 0 aromatic heterocycles. The average molecular weight is 195 g/mol. The third kappa shape index (κ3) is 1.85. The molecule has 14 heavy (non-hydrogen) atoms. The highest BCUT2D eigenvalue weighted by molar-refractivity contribution is 5.88. The summed E-state index contributed by atoms with van der Waals surface area (Å²) in [5, 5.41) is 0. The molecule has 0 aromatic rings. The molecule has 1 saturated carbocycles. The standard InChI is InChI=1S/C12H21NO/c1-12(2)6-5-10(11(12)14)9-13-7-3-4-8-13/h10H,3-9H2,1-2H3. The summed E-state index contributed by atoms with van der Waals surface area (Å²) in [5.74, 6) is 0.840. The van der Waals surface area contributed by atoms with Gasteiger partial charge in [-0.15, -0.1) is 0 Å². The summed E-state index contributed by atoms with van der Waals surface area (Å²) in [7, 11) is 0. The van der Waals surface area contributed by atoms with E-state index in [9.17, 15) is 4.79 Å². The maximum Gasteiger partial charge on any atom is 0.142 e. The summed E-state index contributed by atoms with van der Waals surface area (Å²) < 4.78 is 0. The van der Waals surface area contributed by atoms with E-state index in [2.05, 4.69) is 18.7 Å². The van der Waals surface area contributed by atoms with Gasteiger partial charge in [0.1, 0.15) is 5.78 Å². The van der Waals surface area contributed by atoms with Crippen LogP contribution >= 0.6 is 0 Å². The number of hydrogen-bond acceptors (Lipinski definition) is 2. The molecule has 1 aliphatic carbocycles. The van der Waals surface area contributed by atoms with Gasteiger partial charge in [0.25, 0.3) is 0 Å². The first-order valence-electron chi connectivity index (χ1n) is 5.86. The molecule has 1 saturated heterocycles. The smallest absolute Gasteiger partial charge is 0.142 e. The minimum atomic E-state index is -0.0373. The van der Waals surface area contributed by atoms with Gasteiger partial charge in [0.15, 0.2) is 0 Å². The van der Waals surface area contributed by atoms with Gasteiger partial charge >= 0.3 is 0 Å². The molecule has 0 aromatic carbocycles. The Labute approximate surface area is 86.7 Å². The van der Waals surface area contributed by atoms with Crippen LogP contribution in [-0.2, 0) is 4.79 Å². The Morgan fingerprint density at radius 1 is 1.36 bits per heavy atom. The Bertz CT molecular complexity index is 228. The molecular weight excluding hydrogens is 174 g/mol. The van der Waals surface area contributed by atoms with Gasteiger partial charge in [-0.2, -0.15) is 0 Å². The highest BCUT2D eigenvalue weighted by atomic mass is 16.1. The van der Waals surface area contributed by atoms with Crippen molar-refractivity contribution >= 4 is 5.78 Å². The van der Waals surface area contributed by atoms with Gasteiger partial charge in [0, 0.05) is 17.9 Å². The molecule has 2 fully saturated rings. The van der Waals surface area contributed by atoms with Crippen molar-refractivity contribution < 1.29 is 4.79 Å². The monoisotopic (exact) mass is 195 g/mol. The van der Waals surface area contributed by atoms with E-state index >= 15 is 0 Å². The SMILES string of the molecule is CC1(C)CCC(CN2CCCC2)C1=O. The van der Waals surface area contributed by atoms with Crippen LogP contribution in [0.5, 0.6) is 0 Å². The molecule has 0 bridgehead atoms. The zero-order valence-electron chi connectivity index (χ0n) is 9.38. The van der Waals surface area contributed by atoms with E-state index in [4.69, 9.17) is 0 Å². The summed E-state index contributed by atoms with van der Waals surface area (Å²) in [5.41, 5.74) is -0.0373. The summed E-state index contributed by atoms with van der Waals surface area (Å²) in [6, 6.07) is 0. The molecule has 2 rings (SSSR count). The van der Waals surface area contributed by atoms with Crippen LogP contribution in [0.15, 0.2) is 0 Å². The molecule has 0 radical (unpaired) electrons. The Morgan fingerprint density at radius 3 is 2.50 bits per heavy atom. The van der Waals surface area contributed by atoms with Crippen molar-refractivity contribution in [3.63, 3.8) is 0 Å². The molecule has 0 amide bonds. The lowest BCUT2D eigenvalue weighted by Crippen LogP contribution is -2.31. The molecule has 2 heteroatoms. The number of carbonyl (C=O) groups excluding carboxylic acids is 1. The van der Waals surface area contributed by atoms with E-state index in [0.29, 0.717) is 11.7 Å². The summed E-state index contributed by atoms with van der Waals surface area (Å²) in [6.45, 7) is 7.65. The lowest BCUT2D eigenvalue weighted by molar-refractivity contribution is -0.127. The minimum absolute atomic E-state index is 0.0373. The molecule has 1 atom stereocenters. The second kappa shape index (κ2) is 3.65. The Morgan fingerprint density at radius 2 is 2.00 bits per heavy atom. The van der Waals surface area contributed by atoms with Crippen molar-refractivity contribution in [2.45, 2.75) is 39.5 Å². The predicted octanol–water partition coefficient (Wildman–Crippen LogP) is 2.09. The highest BCUT2D eigenvalue weighted by Crippen LogP contribution is 2.38. The fraction of sp³-hybridized carbons (Fsp3) is 0.917. The van der Waals surface area contributed by atoms with Crippen molar-refractivity contribution in [3.05, 3.63) is 0 Å². The number of carbonyl (C=O) groups is 1. The van der Waals surface area contributed by atoms with E-state index in [0.717, 1.165) is 19.4 Å². The van der Waals surface area contributed by atoms with E-state index in [1.807, 2.05) is 0 Å². The zero-order chi connectivity index (χ0) is 10.2. The first-order chi connectivity index (χ1) is 6.59. The molecule has 0 spiro atoms. The van der Waals surface area contributed by atoms with Crippen LogP contribution in [0.25, 0.3) is 0 Å². The van der Waals surface area contributed by atoms with Gasteiger partial charge < -0.3 is 4.90 Å². The Kier molecular flexibility index (Phi) is 2.65. The lowest BCUT2D eigenvalue weighted by atomic mass is 9.89. The van der Waals surface area contributed by atoms with Gasteiger partial charge in [0.2, 0.25) is 0 Å². The lowest BCUT2D eigenvalue weighted by Gasteiger charge is -2.20. The maximum atomic E-state index is 12.0. The number of Topliss-reactive ketones (excluding diaryl/α,β-unsaturated/α-hetero) is 1. The topological polar surface area (TPSA) is 20.3 Å². The van der Waals surface area contributed by atoms with E-state index < -0.39 is 0 Å². The molecule has 1 aliphatic heterocycles. The molecule has 1 heterocycles. The highest BCUT2D eigenvalue weighted by Gasteiger charge is 2.40. The largest absolute Gasteiger partial charge is 0.303 e. The third-order valence-electron chi connectivity index (χ3n) is 3.83. The van der Waals surface area contributed by atoms with Gasteiger partial charge in [-0.3, -0.25) is 4.79 Å². The average Bonchev–Trinajstić information content (AvgIpc) is 2.70. The van der Waals surface area contributed by atoms with Crippen LogP contribution in [0.4, 0.5) is 0 Å². The van der Waals surface area contributed by atoms with E-state index in [1.165, 1.54) is 25.9 Å². The summed E-state index contributed by atoms with van der Waals surface area (Å²) in [4.78, 5) is 14.5. The Balaban J connectivity index is 1.90.